The molecule has 0 radical (unpaired) electrons. The van der Waals surface area contributed by atoms with E-state index in [1.54, 1.807) is 0 Å². The lowest BCUT2D eigenvalue weighted by Gasteiger charge is -2.26. The summed E-state index contributed by atoms with van der Waals surface area (Å²) in [6, 6.07) is 77.7. The van der Waals surface area contributed by atoms with Crippen LogP contribution >= 0.6 is 11.3 Å². The van der Waals surface area contributed by atoms with Gasteiger partial charge < -0.3 is 4.90 Å². The molecule has 0 amide bonds. The summed E-state index contributed by atoms with van der Waals surface area (Å²) in [5.41, 5.74) is 10.6. The number of fused-ring (bicyclic) bond motifs is 8. The normalized spacial score (nSPS) is 11.6. The first-order valence-corrected chi connectivity index (χ1v) is 20.0. The van der Waals surface area contributed by atoms with Gasteiger partial charge >= 0.3 is 0 Å². The second kappa shape index (κ2) is 13.4. The van der Waals surface area contributed by atoms with Gasteiger partial charge in [0.25, 0.3) is 0 Å². The summed E-state index contributed by atoms with van der Waals surface area (Å²) in [7, 11) is 0. The van der Waals surface area contributed by atoms with Crippen molar-refractivity contribution < 1.29 is 0 Å². The minimum Gasteiger partial charge on any atom is -0.310 e. The van der Waals surface area contributed by atoms with Gasteiger partial charge in [0.05, 0.1) is 0 Å². The van der Waals surface area contributed by atoms with Gasteiger partial charge in [-0.15, -0.1) is 11.3 Å². The second-order valence-corrected chi connectivity index (χ2v) is 15.6. The van der Waals surface area contributed by atoms with Crippen LogP contribution in [0.3, 0.4) is 0 Å². The third kappa shape index (κ3) is 5.46. The topological polar surface area (TPSA) is 3.24 Å². The Balaban J connectivity index is 1.04. The average molecular weight is 730 g/mol. The van der Waals surface area contributed by atoms with Crippen LogP contribution in [-0.2, 0) is 0 Å². The number of benzene rings is 10. The van der Waals surface area contributed by atoms with Crippen LogP contribution < -0.4 is 4.90 Å². The Kier molecular flexibility index (Phi) is 7.75. The van der Waals surface area contributed by atoms with Crippen LogP contribution in [0.4, 0.5) is 17.1 Å². The van der Waals surface area contributed by atoms with Crippen molar-refractivity contribution in [1.29, 1.82) is 0 Å². The van der Waals surface area contributed by atoms with Crippen molar-refractivity contribution in [2.75, 3.05) is 4.90 Å². The highest BCUT2D eigenvalue weighted by atomic mass is 32.1. The molecule has 0 spiro atoms. The van der Waals surface area contributed by atoms with Crippen LogP contribution in [0.2, 0.25) is 0 Å². The summed E-state index contributed by atoms with van der Waals surface area (Å²) in [6.45, 7) is 0. The largest absolute Gasteiger partial charge is 0.310 e. The molecule has 0 aliphatic heterocycles. The molecule has 0 atom stereocenters. The molecule has 0 saturated heterocycles. The zero-order valence-electron chi connectivity index (χ0n) is 30.6. The molecule has 0 aliphatic carbocycles. The molecule has 10 aromatic carbocycles. The minimum atomic E-state index is 1.11. The first-order valence-electron chi connectivity index (χ1n) is 19.2. The molecular formula is C54H35NS. The predicted octanol–water partition coefficient (Wildman–Crippen LogP) is 16.0. The van der Waals surface area contributed by atoms with Crippen LogP contribution in [0.1, 0.15) is 0 Å². The summed E-state index contributed by atoms with van der Waals surface area (Å²) in [6.07, 6.45) is 0. The molecule has 0 fully saturated rings. The van der Waals surface area contributed by atoms with E-state index in [9.17, 15) is 0 Å². The van der Waals surface area contributed by atoms with E-state index < -0.39 is 0 Å². The summed E-state index contributed by atoms with van der Waals surface area (Å²) in [5.74, 6) is 0. The van der Waals surface area contributed by atoms with E-state index in [4.69, 9.17) is 0 Å². The molecule has 56 heavy (non-hydrogen) atoms. The van der Waals surface area contributed by atoms with Gasteiger partial charge in [-0.2, -0.15) is 0 Å². The van der Waals surface area contributed by atoms with Crippen molar-refractivity contribution in [1.82, 2.24) is 0 Å². The SMILES string of the molecule is c1ccc(-c2ccc(N(c3ccc(-c4cccc5c4ccc4ccc6ccccc6c45)cc3)c3cccc(-c4cccc5sc6ccccc6c45)c3)cc2)cc1. The third-order valence-electron chi connectivity index (χ3n) is 11.3. The molecule has 11 aromatic rings. The highest BCUT2D eigenvalue weighted by molar-refractivity contribution is 7.25. The lowest BCUT2D eigenvalue weighted by Crippen LogP contribution is -2.10. The van der Waals surface area contributed by atoms with Crippen molar-refractivity contribution in [2.45, 2.75) is 0 Å². The van der Waals surface area contributed by atoms with Crippen molar-refractivity contribution in [3.8, 4) is 33.4 Å². The number of hydrogen-bond donors (Lipinski definition) is 0. The van der Waals surface area contributed by atoms with Crippen molar-refractivity contribution in [3.63, 3.8) is 0 Å². The van der Waals surface area contributed by atoms with Gasteiger partial charge in [-0.05, 0) is 114 Å². The molecule has 11 rings (SSSR count). The van der Waals surface area contributed by atoms with E-state index in [1.807, 2.05) is 11.3 Å². The van der Waals surface area contributed by atoms with Crippen LogP contribution in [0.5, 0.6) is 0 Å². The Labute approximate surface area is 330 Å². The maximum absolute atomic E-state index is 2.39. The Hall–Kier alpha value is -7.00. The number of hydrogen-bond acceptors (Lipinski definition) is 2. The van der Waals surface area contributed by atoms with Gasteiger partial charge in [-0.1, -0.05) is 164 Å². The van der Waals surface area contributed by atoms with Crippen molar-refractivity contribution >= 4 is 80.9 Å². The van der Waals surface area contributed by atoms with Gasteiger partial charge in [0.2, 0.25) is 0 Å². The first-order chi connectivity index (χ1) is 27.8. The maximum Gasteiger partial charge on any atom is 0.0467 e. The molecule has 1 aromatic heterocycles. The zero-order valence-corrected chi connectivity index (χ0v) is 31.4. The minimum absolute atomic E-state index is 1.11. The quantitative estimate of drug-likeness (QED) is 0.154. The van der Waals surface area contributed by atoms with Gasteiger partial charge in [0, 0.05) is 37.2 Å². The van der Waals surface area contributed by atoms with E-state index in [2.05, 4.69) is 217 Å². The summed E-state index contributed by atoms with van der Waals surface area (Å²) in [5, 5.41) is 10.3. The Morgan fingerprint density at radius 2 is 0.875 bits per heavy atom. The second-order valence-electron chi connectivity index (χ2n) is 14.5. The molecular weight excluding hydrogens is 695 g/mol. The van der Waals surface area contributed by atoms with Crippen LogP contribution in [0, 0.1) is 0 Å². The average Bonchev–Trinajstić information content (AvgIpc) is 3.66. The Morgan fingerprint density at radius 3 is 1.71 bits per heavy atom. The standard InChI is InChI=1S/C54H35NS/c1-2-11-36(12-3-1)37-25-30-42(31-26-37)55(44-15-8-14-41(35-44)47-19-10-22-52-54(47)50-17-6-7-21-51(50)56-52)43-32-27-39(28-33-43)45-18-9-20-49-48(45)34-29-40-24-23-38-13-4-5-16-46(38)53(40)49/h1-35H. The predicted molar refractivity (Wildman–Crippen MR) is 243 cm³/mol. The Morgan fingerprint density at radius 1 is 0.286 bits per heavy atom. The van der Waals surface area contributed by atoms with E-state index in [0.29, 0.717) is 0 Å². The van der Waals surface area contributed by atoms with Gasteiger partial charge in [-0.25, -0.2) is 0 Å². The number of thiophene rings is 1. The molecule has 0 unspecified atom stereocenters. The highest BCUT2D eigenvalue weighted by Gasteiger charge is 2.17. The fraction of sp³-hybridized carbons (Fsp3) is 0. The number of anilines is 3. The van der Waals surface area contributed by atoms with Gasteiger partial charge in [0.1, 0.15) is 0 Å². The lowest BCUT2D eigenvalue weighted by atomic mass is 9.92. The van der Waals surface area contributed by atoms with Gasteiger partial charge in [-0.3, -0.25) is 0 Å². The monoisotopic (exact) mass is 729 g/mol. The summed E-state index contributed by atoms with van der Waals surface area (Å²) >= 11 is 1.86. The molecule has 0 saturated carbocycles. The van der Waals surface area contributed by atoms with Crippen molar-refractivity contribution in [2.24, 2.45) is 0 Å². The van der Waals surface area contributed by atoms with Crippen LogP contribution in [0.15, 0.2) is 212 Å². The first kappa shape index (κ1) is 32.4. The fourth-order valence-electron chi connectivity index (χ4n) is 8.61. The maximum atomic E-state index is 2.39. The van der Waals surface area contributed by atoms with E-state index in [0.717, 1.165) is 17.1 Å². The molecule has 1 heterocycles. The Bertz CT molecular complexity index is 3230. The smallest absolute Gasteiger partial charge is 0.0467 e. The van der Waals surface area contributed by atoms with Gasteiger partial charge in [0.15, 0.2) is 0 Å². The van der Waals surface area contributed by atoms with Crippen LogP contribution in [0.25, 0.3) is 85.9 Å². The summed E-state index contributed by atoms with van der Waals surface area (Å²) < 4.78 is 2.63. The highest BCUT2D eigenvalue weighted by Crippen LogP contribution is 2.43. The lowest BCUT2D eigenvalue weighted by molar-refractivity contribution is 1.28. The molecule has 262 valence electrons. The molecule has 0 N–H and O–H groups in total. The van der Waals surface area contributed by atoms with E-state index in [1.165, 1.54) is 85.9 Å². The summed E-state index contributed by atoms with van der Waals surface area (Å²) in [4.78, 5) is 2.39. The zero-order chi connectivity index (χ0) is 37.0. The fourth-order valence-corrected chi connectivity index (χ4v) is 9.75. The number of rotatable bonds is 6. The van der Waals surface area contributed by atoms with Crippen molar-refractivity contribution in [3.05, 3.63) is 212 Å². The number of nitrogens with zero attached hydrogens (tertiary/aromatic N) is 1. The molecule has 0 bridgehead atoms. The molecule has 0 aliphatic rings. The van der Waals surface area contributed by atoms with Crippen LogP contribution in [-0.4, -0.2) is 0 Å². The third-order valence-corrected chi connectivity index (χ3v) is 12.4. The van der Waals surface area contributed by atoms with E-state index in [-0.39, 0.29) is 0 Å². The van der Waals surface area contributed by atoms with E-state index >= 15 is 0 Å². The molecule has 1 nitrogen and oxygen atoms in total. The molecule has 2 heteroatoms.